The Morgan fingerprint density at radius 3 is 2.41 bits per heavy atom. The molecule has 1 aromatic rings. The molecule has 0 saturated carbocycles. The van der Waals surface area contributed by atoms with Crippen molar-refractivity contribution in [2.24, 2.45) is 11.7 Å². The minimum atomic E-state index is 0.120. The zero-order valence-electron chi connectivity index (χ0n) is 11.5. The maximum Gasteiger partial charge on any atom is 0.122 e. The van der Waals surface area contributed by atoms with E-state index in [-0.39, 0.29) is 6.04 Å². The van der Waals surface area contributed by atoms with Crippen LogP contribution in [0.25, 0.3) is 0 Å². The molecule has 0 aliphatic carbocycles. The molecule has 1 aromatic carbocycles. The average molecular weight is 235 g/mol. The van der Waals surface area contributed by atoms with E-state index in [0.717, 1.165) is 23.7 Å². The second-order valence-corrected chi connectivity index (χ2v) is 4.75. The molecule has 0 saturated heterocycles. The van der Waals surface area contributed by atoms with Gasteiger partial charge >= 0.3 is 0 Å². The number of nitrogens with two attached hydrogens (primary N) is 1. The van der Waals surface area contributed by atoms with Gasteiger partial charge in [0.15, 0.2) is 0 Å². The highest BCUT2D eigenvalue weighted by Crippen LogP contribution is 2.27. The molecule has 2 heteroatoms. The Morgan fingerprint density at radius 1 is 1.24 bits per heavy atom. The third kappa shape index (κ3) is 3.74. The van der Waals surface area contributed by atoms with Crippen molar-refractivity contribution in [2.75, 3.05) is 7.11 Å². The molecule has 0 aliphatic heterocycles. The van der Waals surface area contributed by atoms with E-state index < -0.39 is 0 Å². The molecule has 0 amide bonds. The second-order valence-electron chi connectivity index (χ2n) is 4.75. The summed E-state index contributed by atoms with van der Waals surface area (Å²) in [5.74, 6) is 1.65. The van der Waals surface area contributed by atoms with Gasteiger partial charge in [-0.05, 0) is 36.5 Å². The van der Waals surface area contributed by atoms with E-state index >= 15 is 0 Å². The summed E-state index contributed by atoms with van der Waals surface area (Å²) >= 11 is 0. The van der Waals surface area contributed by atoms with Crippen LogP contribution in [0.4, 0.5) is 0 Å². The van der Waals surface area contributed by atoms with Gasteiger partial charge in [0.25, 0.3) is 0 Å². The maximum atomic E-state index is 6.27. The Balaban J connectivity index is 2.78. The Labute approximate surface area is 105 Å². The molecule has 1 unspecified atom stereocenters. The number of ether oxygens (including phenoxy) is 1. The van der Waals surface area contributed by atoms with Crippen LogP contribution in [0.3, 0.4) is 0 Å². The molecule has 17 heavy (non-hydrogen) atoms. The Kier molecular flexibility index (Phi) is 5.49. The zero-order chi connectivity index (χ0) is 12.8. The van der Waals surface area contributed by atoms with Crippen LogP contribution >= 0.6 is 0 Å². The van der Waals surface area contributed by atoms with Crippen molar-refractivity contribution >= 4 is 0 Å². The molecule has 0 aromatic heterocycles. The van der Waals surface area contributed by atoms with Crippen molar-refractivity contribution < 1.29 is 4.74 Å². The highest BCUT2D eigenvalue weighted by atomic mass is 16.5. The topological polar surface area (TPSA) is 35.2 Å². The van der Waals surface area contributed by atoms with Crippen molar-refractivity contribution in [3.63, 3.8) is 0 Å². The number of aryl methyl sites for hydroxylation is 1. The molecule has 0 aliphatic rings. The first kappa shape index (κ1) is 14.0. The van der Waals surface area contributed by atoms with Gasteiger partial charge in [-0.2, -0.15) is 0 Å². The van der Waals surface area contributed by atoms with Gasteiger partial charge in [-0.15, -0.1) is 0 Å². The molecule has 0 heterocycles. The smallest absolute Gasteiger partial charge is 0.122 e. The summed E-state index contributed by atoms with van der Waals surface area (Å²) in [6.07, 6.45) is 3.46. The molecule has 0 bridgehead atoms. The zero-order valence-corrected chi connectivity index (χ0v) is 11.5. The lowest BCUT2D eigenvalue weighted by atomic mass is 9.91. The van der Waals surface area contributed by atoms with Crippen LogP contribution in [0.15, 0.2) is 18.2 Å². The van der Waals surface area contributed by atoms with Crippen LogP contribution in [0.5, 0.6) is 5.75 Å². The van der Waals surface area contributed by atoms with Gasteiger partial charge in [0.1, 0.15) is 5.75 Å². The molecule has 0 spiro atoms. The summed E-state index contributed by atoms with van der Waals surface area (Å²) < 4.78 is 5.34. The summed E-state index contributed by atoms with van der Waals surface area (Å²) in [7, 11) is 1.71. The summed E-state index contributed by atoms with van der Waals surface area (Å²) in [5, 5.41) is 0. The van der Waals surface area contributed by atoms with Gasteiger partial charge in [-0.1, -0.05) is 38.8 Å². The number of methoxy groups -OCH3 is 1. The number of rotatable bonds is 6. The van der Waals surface area contributed by atoms with E-state index in [9.17, 15) is 0 Å². The second kappa shape index (κ2) is 6.65. The van der Waals surface area contributed by atoms with E-state index in [1.807, 2.05) is 0 Å². The SMILES string of the molecule is CCC(CC)CC(N)c1ccc(C)c(OC)c1. The highest BCUT2D eigenvalue weighted by molar-refractivity contribution is 5.37. The van der Waals surface area contributed by atoms with Gasteiger partial charge in [0.05, 0.1) is 7.11 Å². The van der Waals surface area contributed by atoms with Gasteiger partial charge in [0, 0.05) is 6.04 Å². The van der Waals surface area contributed by atoms with Crippen molar-refractivity contribution in [3.05, 3.63) is 29.3 Å². The van der Waals surface area contributed by atoms with Crippen LogP contribution in [0.1, 0.15) is 50.3 Å². The van der Waals surface area contributed by atoms with E-state index in [2.05, 4.69) is 39.0 Å². The van der Waals surface area contributed by atoms with Gasteiger partial charge in [0.2, 0.25) is 0 Å². The van der Waals surface area contributed by atoms with Crippen LogP contribution in [0, 0.1) is 12.8 Å². The largest absolute Gasteiger partial charge is 0.496 e. The van der Waals surface area contributed by atoms with Crippen molar-refractivity contribution in [1.29, 1.82) is 0 Å². The summed E-state index contributed by atoms with van der Waals surface area (Å²) in [6.45, 7) is 6.52. The van der Waals surface area contributed by atoms with Crippen molar-refractivity contribution in [2.45, 2.75) is 46.1 Å². The minimum absolute atomic E-state index is 0.120. The van der Waals surface area contributed by atoms with Crippen molar-refractivity contribution in [1.82, 2.24) is 0 Å². The molecular weight excluding hydrogens is 210 g/mol. The number of hydrogen-bond donors (Lipinski definition) is 1. The lowest BCUT2D eigenvalue weighted by Crippen LogP contribution is -2.15. The van der Waals surface area contributed by atoms with Gasteiger partial charge < -0.3 is 10.5 Å². The summed E-state index contributed by atoms with van der Waals surface area (Å²) in [6, 6.07) is 6.39. The molecule has 0 radical (unpaired) electrons. The normalized spacial score (nSPS) is 12.8. The van der Waals surface area contributed by atoms with Gasteiger partial charge in [-0.3, -0.25) is 0 Å². The fourth-order valence-corrected chi connectivity index (χ4v) is 2.18. The quantitative estimate of drug-likeness (QED) is 0.813. The van der Waals surface area contributed by atoms with Crippen LogP contribution in [0.2, 0.25) is 0 Å². The van der Waals surface area contributed by atoms with E-state index in [1.54, 1.807) is 7.11 Å². The third-order valence-corrected chi connectivity index (χ3v) is 3.60. The Morgan fingerprint density at radius 2 is 1.88 bits per heavy atom. The highest BCUT2D eigenvalue weighted by Gasteiger charge is 2.13. The number of hydrogen-bond acceptors (Lipinski definition) is 2. The van der Waals surface area contributed by atoms with E-state index in [1.165, 1.54) is 18.4 Å². The first-order valence-corrected chi connectivity index (χ1v) is 6.52. The number of benzene rings is 1. The standard InChI is InChI=1S/C15H25NO/c1-5-12(6-2)9-14(16)13-8-7-11(3)15(10-13)17-4/h7-8,10,12,14H,5-6,9,16H2,1-4H3. The van der Waals surface area contributed by atoms with Crippen molar-refractivity contribution in [3.8, 4) is 5.75 Å². The van der Waals surface area contributed by atoms with Crippen LogP contribution in [-0.4, -0.2) is 7.11 Å². The Hall–Kier alpha value is -1.02. The van der Waals surface area contributed by atoms with Crippen LogP contribution < -0.4 is 10.5 Å². The molecule has 96 valence electrons. The van der Waals surface area contributed by atoms with Gasteiger partial charge in [-0.25, -0.2) is 0 Å². The minimum Gasteiger partial charge on any atom is -0.496 e. The average Bonchev–Trinajstić information content (AvgIpc) is 2.36. The lowest BCUT2D eigenvalue weighted by Gasteiger charge is -2.19. The molecular formula is C15H25NO. The monoisotopic (exact) mass is 235 g/mol. The van der Waals surface area contributed by atoms with E-state index in [4.69, 9.17) is 10.5 Å². The lowest BCUT2D eigenvalue weighted by molar-refractivity contribution is 0.403. The summed E-state index contributed by atoms with van der Waals surface area (Å²) in [5.41, 5.74) is 8.60. The first-order valence-electron chi connectivity index (χ1n) is 6.52. The molecule has 2 nitrogen and oxygen atoms in total. The Bertz CT molecular complexity index is 345. The predicted molar refractivity (Wildman–Crippen MR) is 73.3 cm³/mol. The fourth-order valence-electron chi connectivity index (χ4n) is 2.18. The third-order valence-electron chi connectivity index (χ3n) is 3.60. The molecule has 1 rings (SSSR count). The maximum absolute atomic E-state index is 6.27. The predicted octanol–water partition coefficient (Wildman–Crippen LogP) is 3.83. The van der Waals surface area contributed by atoms with E-state index in [0.29, 0.717) is 0 Å². The summed E-state index contributed by atoms with van der Waals surface area (Å²) in [4.78, 5) is 0. The fraction of sp³-hybridized carbons (Fsp3) is 0.600. The molecule has 2 N–H and O–H groups in total. The first-order chi connectivity index (χ1) is 8.12. The van der Waals surface area contributed by atoms with Crippen LogP contribution in [-0.2, 0) is 0 Å². The molecule has 0 fully saturated rings. The molecule has 1 atom stereocenters.